The molecule has 1 fully saturated rings. The van der Waals surface area contributed by atoms with Crippen molar-refractivity contribution < 1.29 is 4.79 Å². The van der Waals surface area contributed by atoms with Crippen LogP contribution in [0, 0.1) is 0 Å². The van der Waals surface area contributed by atoms with Crippen LogP contribution in [0.25, 0.3) is 0 Å². The number of hydrogen-bond acceptors (Lipinski definition) is 3. The Bertz CT molecular complexity index is 242. The second-order valence-corrected chi connectivity index (χ2v) is 6.81. The van der Waals surface area contributed by atoms with Crippen LogP contribution in [0.1, 0.15) is 46.0 Å². The monoisotopic (exact) mass is 244 g/mol. The molecule has 0 aromatic rings. The second kappa shape index (κ2) is 5.41. The summed E-state index contributed by atoms with van der Waals surface area (Å²) in [7, 11) is 0. The molecule has 0 saturated heterocycles. The largest absolute Gasteiger partial charge is 0.355 e. The molecule has 16 heavy (non-hydrogen) atoms. The van der Waals surface area contributed by atoms with Gasteiger partial charge in [0.2, 0.25) is 5.91 Å². The Kier molecular flexibility index (Phi) is 4.68. The van der Waals surface area contributed by atoms with E-state index < -0.39 is 5.54 Å². The van der Waals surface area contributed by atoms with Gasteiger partial charge >= 0.3 is 0 Å². The number of rotatable bonds is 5. The van der Waals surface area contributed by atoms with E-state index in [9.17, 15) is 4.79 Å². The first-order chi connectivity index (χ1) is 7.37. The molecular weight excluding hydrogens is 220 g/mol. The van der Waals surface area contributed by atoms with Crippen molar-refractivity contribution in [1.29, 1.82) is 0 Å². The van der Waals surface area contributed by atoms with Gasteiger partial charge in [0, 0.05) is 23.3 Å². The molecule has 3 N–H and O–H groups in total. The molecule has 0 radical (unpaired) electrons. The topological polar surface area (TPSA) is 55.1 Å². The minimum absolute atomic E-state index is 0.0767. The van der Waals surface area contributed by atoms with E-state index in [2.05, 4.69) is 11.6 Å². The van der Waals surface area contributed by atoms with Gasteiger partial charge in [0.25, 0.3) is 0 Å². The maximum atomic E-state index is 11.7. The molecule has 0 aliphatic heterocycles. The molecule has 0 atom stereocenters. The third kappa shape index (κ3) is 4.34. The Labute approximate surface area is 103 Å². The first-order valence-electron chi connectivity index (χ1n) is 5.98. The Hall–Kier alpha value is -0.220. The number of carbonyl (C=O) groups is 1. The zero-order chi connectivity index (χ0) is 12.2. The molecule has 1 saturated carbocycles. The molecule has 0 bridgehead atoms. The lowest BCUT2D eigenvalue weighted by Gasteiger charge is -2.27. The van der Waals surface area contributed by atoms with Gasteiger partial charge in [-0.25, -0.2) is 0 Å². The fourth-order valence-corrected chi connectivity index (χ4v) is 3.12. The first-order valence-corrected chi connectivity index (χ1v) is 7.20. The SMILES string of the molecule is CSC1(CNC(=O)CC(C)(C)N)CCCC1. The molecule has 0 aromatic heterocycles. The van der Waals surface area contributed by atoms with E-state index in [1.807, 2.05) is 25.6 Å². The summed E-state index contributed by atoms with van der Waals surface area (Å²) in [4.78, 5) is 11.7. The third-order valence-electron chi connectivity index (χ3n) is 3.17. The van der Waals surface area contributed by atoms with E-state index in [0.29, 0.717) is 6.42 Å². The standard InChI is InChI=1S/C12H24N2OS/c1-11(2,13)8-10(15)14-9-12(16-3)6-4-5-7-12/h4-9,13H2,1-3H3,(H,14,15). The molecule has 1 rings (SSSR count). The molecular formula is C12H24N2OS. The van der Waals surface area contributed by atoms with E-state index >= 15 is 0 Å². The summed E-state index contributed by atoms with van der Waals surface area (Å²) < 4.78 is 0.286. The van der Waals surface area contributed by atoms with Crippen LogP contribution >= 0.6 is 11.8 Å². The summed E-state index contributed by atoms with van der Waals surface area (Å²) in [6.07, 6.45) is 7.57. The lowest BCUT2D eigenvalue weighted by Crippen LogP contribution is -2.43. The molecule has 0 heterocycles. The van der Waals surface area contributed by atoms with Gasteiger partial charge in [0.05, 0.1) is 0 Å². The van der Waals surface area contributed by atoms with Crippen LogP contribution in [0.2, 0.25) is 0 Å². The summed E-state index contributed by atoms with van der Waals surface area (Å²) in [6.45, 7) is 4.56. The Morgan fingerprint density at radius 3 is 2.44 bits per heavy atom. The second-order valence-electron chi connectivity index (χ2n) is 5.54. The van der Waals surface area contributed by atoms with Crippen molar-refractivity contribution >= 4 is 17.7 Å². The molecule has 0 unspecified atom stereocenters. The van der Waals surface area contributed by atoms with Gasteiger partial charge in [-0.1, -0.05) is 12.8 Å². The van der Waals surface area contributed by atoms with Crippen molar-refractivity contribution in [2.75, 3.05) is 12.8 Å². The van der Waals surface area contributed by atoms with Crippen molar-refractivity contribution in [1.82, 2.24) is 5.32 Å². The van der Waals surface area contributed by atoms with Crippen molar-refractivity contribution in [3.63, 3.8) is 0 Å². The van der Waals surface area contributed by atoms with E-state index in [1.54, 1.807) is 0 Å². The highest BCUT2D eigenvalue weighted by molar-refractivity contribution is 8.00. The average Bonchev–Trinajstić information content (AvgIpc) is 2.61. The first kappa shape index (κ1) is 13.8. The van der Waals surface area contributed by atoms with E-state index in [4.69, 9.17) is 5.73 Å². The molecule has 0 spiro atoms. The van der Waals surface area contributed by atoms with Crippen LogP contribution in [-0.2, 0) is 4.79 Å². The molecule has 3 nitrogen and oxygen atoms in total. The quantitative estimate of drug-likeness (QED) is 0.776. The van der Waals surface area contributed by atoms with Crippen LogP contribution < -0.4 is 11.1 Å². The van der Waals surface area contributed by atoms with Crippen molar-refractivity contribution in [3.8, 4) is 0 Å². The summed E-state index contributed by atoms with van der Waals surface area (Å²) in [5.74, 6) is 0.0767. The van der Waals surface area contributed by atoms with Gasteiger partial charge in [-0.15, -0.1) is 0 Å². The van der Waals surface area contributed by atoms with E-state index in [0.717, 1.165) is 6.54 Å². The lowest BCUT2D eigenvalue weighted by atomic mass is 10.0. The highest BCUT2D eigenvalue weighted by Gasteiger charge is 2.33. The summed E-state index contributed by atoms with van der Waals surface area (Å²) >= 11 is 1.89. The van der Waals surface area contributed by atoms with Crippen molar-refractivity contribution in [2.45, 2.75) is 56.2 Å². The van der Waals surface area contributed by atoms with Crippen LogP contribution in [0.15, 0.2) is 0 Å². The third-order valence-corrected chi connectivity index (χ3v) is 4.59. The normalized spacial score (nSPS) is 19.8. The highest BCUT2D eigenvalue weighted by atomic mass is 32.2. The molecule has 1 aliphatic rings. The minimum Gasteiger partial charge on any atom is -0.355 e. The maximum Gasteiger partial charge on any atom is 0.221 e. The van der Waals surface area contributed by atoms with Crippen LogP contribution in [0.5, 0.6) is 0 Å². The summed E-state index contributed by atoms with van der Waals surface area (Å²) in [6, 6.07) is 0. The minimum atomic E-state index is -0.410. The smallest absolute Gasteiger partial charge is 0.221 e. The fourth-order valence-electron chi connectivity index (χ4n) is 2.21. The van der Waals surface area contributed by atoms with Gasteiger partial charge in [-0.05, 0) is 32.9 Å². The lowest BCUT2D eigenvalue weighted by molar-refractivity contribution is -0.122. The molecule has 4 heteroatoms. The number of thioether (sulfide) groups is 1. The predicted octanol–water partition coefficient (Wildman–Crippen LogP) is 1.91. The summed E-state index contributed by atoms with van der Waals surface area (Å²) in [5.41, 5.74) is 5.41. The van der Waals surface area contributed by atoms with Crippen LogP contribution in [-0.4, -0.2) is 29.0 Å². The number of nitrogens with one attached hydrogen (secondary N) is 1. The van der Waals surface area contributed by atoms with E-state index in [1.165, 1.54) is 25.7 Å². The number of carbonyl (C=O) groups excluding carboxylic acids is 1. The molecule has 1 aliphatic carbocycles. The van der Waals surface area contributed by atoms with Crippen LogP contribution in [0.4, 0.5) is 0 Å². The van der Waals surface area contributed by atoms with Crippen molar-refractivity contribution in [3.05, 3.63) is 0 Å². The fraction of sp³-hybridized carbons (Fsp3) is 0.917. The van der Waals surface area contributed by atoms with Gasteiger partial charge < -0.3 is 11.1 Å². The Morgan fingerprint density at radius 2 is 2.00 bits per heavy atom. The molecule has 94 valence electrons. The number of nitrogens with two attached hydrogens (primary N) is 1. The van der Waals surface area contributed by atoms with Gasteiger partial charge in [0.15, 0.2) is 0 Å². The van der Waals surface area contributed by atoms with Gasteiger partial charge in [0.1, 0.15) is 0 Å². The zero-order valence-corrected chi connectivity index (χ0v) is 11.5. The zero-order valence-electron chi connectivity index (χ0n) is 10.6. The Balaban J connectivity index is 2.35. The van der Waals surface area contributed by atoms with Gasteiger partial charge in [-0.2, -0.15) is 11.8 Å². The number of hydrogen-bond donors (Lipinski definition) is 2. The summed E-state index contributed by atoms with van der Waals surface area (Å²) in [5, 5.41) is 3.03. The molecule has 0 aromatic carbocycles. The Morgan fingerprint density at radius 1 is 1.44 bits per heavy atom. The average molecular weight is 244 g/mol. The number of amides is 1. The maximum absolute atomic E-state index is 11.7. The predicted molar refractivity (Wildman–Crippen MR) is 70.6 cm³/mol. The van der Waals surface area contributed by atoms with Crippen molar-refractivity contribution in [2.24, 2.45) is 5.73 Å². The molecule has 1 amide bonds. The van der Waals surface area contributed by atoms with Crippen LogP contribution in [0.3, 0.4) is 0 Å². The highest BCUT2D eigenvalue weighted by Crippen LogP contribution is 2.39. The van der Waals surface area contributed by atoms with Gasteiger partial charge in [-0.3, -0.25) is 4.79 Å². The van der Waals surface area contributed by atoms with E-state index in [-0.39, 0.29) is 10.7 Å².